The van der Waals surface area contributed by atoms with Gasteiger partial charge in [-0.05, 0) is 29.8 Å². The Bertz CT molecular complexity index is 1160. The van der Waals surface area contributed by atoms with Gasteiger partial charge in [0.15, 0.2) is 6.61 Å². The average molecular weight is 432 g/mol. The minimum absolute atomic E-state index is 0.0527. The van der Waals surface area contributed by atoms with Crippen LogP contribution in [-0.4, -0.2) is 70.3 Å². The van der Waals surface area contributed by atoms with Gasteiger partial charge in [-0.2, -0.15) is 5.10 Å². The summed E-state index contributed by atoms with van der Waals surface area (Å²) in [5.41, 5.74) is 2.40. The van der Waals surface area contributed by atoms with Gasteiger partial charge in [-0.15, -0.1) is 0 Å². The molecule has 0 saturated carbocycles. The molecule has 8 heteroatoms. The number of hydrogen-bond acceptors (Lipinski definition) is 5. The van der Waals surface area contributed by atoms with Crippen molar-refractivity contribution >= 4 is 11.8 Å². The summed E-state index contributed by atoms with van der Waals surface area (Å²) < 4.78 is 13.6. The number of amides is 2. The number of benzene rings is 2. The van der Waals surface area contributed by atoms with Crippen molar-refractivity contribution in [2.75, 3.05) is 26.7 Å². The van der Waals surface area contributed by atoms with E-state index in [4.69, 9.17) is 9.47 Å². The lowest BCUT2D eigenvalue weighted by molar-refractivity contribution is -0.132. The van der Waals surface area contributed by atoms with Crippen molar-refractivity contribution in [2.45, 2.75) is 12.1 Å². The first kappa shape index (κ1) is 20.1. The third-order valence-electron chi connectivity index (χ3n) is 6.04. The average Bonchev–Trinajstić information content (AvgIpc) is 3.41. The molecule has 164 valence electrons. The van der Waals surface area contributed by atoms with Crippen LogP contribution in [0.3, 0.4) is 0 Å². The van der Waals surface area contributed by atoms with E-state index in [1.807, 2.05) is 55.7 Å². The molecular weight excluding hydrogens is 408 g/mol. The molecule has 1 fully saturated rings. The molecule has 2 aromatic carbocycles. The van der Waals surface area contributed by atoms with Crippen LogP contribution >= 0.6 is 0 Å². The minimum atomic E-state index is -0.310. The molecule has 0 aliphatic carbocycles. The molecule has 2 unspecified atom stereocenters. The predicted octanol–water partition coefficient (Wildman–Crippen LogP) is 2.21. The maximum absolute atomic E-state index is 13.1. The van der Waals surface area contributed by atoms with Gasteiger partial charge in [0.05, 0.1) is 24.3 Å². The van der Waals surface area contributed by atoms with Gasteiger partial charge < -0.3 is 19.3 Å². The highest BCUT2D eigenvalue weighted by Gasteiger charge is 2.43. The van der Waals surface area contributed by atoms with E-state index in [0.717, 1.165) is 11.1 Å². The van der Waals surface area contributed by atoms with Crippen LogP contribution in [0.5, 0.6) is 11.5 Å². The van der Waals surface area contributed by atoms with Crippen LogP contribution in [0.2, 0.25) is 0 Å². The minimum Gasteiger partial charge on any atom is -0.485 e. The van der Waals surface area contributed by atoms with Crippen LogP contribution in [0.1, 0.15) is 10.4 Å². The zero-order chi connectivity index (χ0) is 22.2. The number of para-hydroxylation sites is 1. The van der Waals surface area contributed by atoms with Crippen molar-refractivity contribution < 1.29 is 19.1 Å². The fourth-order valence-electron chi connectivity index (χ4n) is 4.25. The lowest BCUT2D eigenvalue weighted by Gasteiger charge is -2.25. The third kappa shape index (κ3) is 3.68. The van der Waals surface area contributed by atoms with Crippen LogP contribution in [0, 0.1) is 0 Å². The molecule has 0 radical (unpaired) electrons. The Morgan fingerprint density at radius 3 is 2.69 bits per heavy atom. The van der Waals surface area contributed by atoms with Crippen LogP contribution in [0.15, 0.2) is 60.9 Å². The lowest BCUT2D eigenvalue weighted by atomic mass is 10.1. The van der Waals surface area contributed by atoms with Crippen molar-refractivity contribution in [3.63, 3.8) is 0 Å². The zero-order valence-corrected chi connectivity index (χ0v) is 18.0. The lowest BCUT2D eigenvalue weighted by Crippen LogP contribution is -2.44. The second-order valence-corrected chi connectivity index (χ2v) is 8.15. The highest BCUT2D eigenvalue weighted by atomic mass is 16.5. The quantitative estimate of drug-likeness (QED) is 0.632. The molecule has 2 amide bonds. The molecule has 2 atom stereocenters. The maximum Gasteiger partial charge on any atom is 0.260 e. The number of ether oxygens (including phenoxy) is 2. The number of likely N-dealkylation sites (tertiary alicyclic amines) is 1. The number of fused-ring (bicyclic) bond motifs is 2. The molecular formula is C24H24N4O4. The van der Waals surface area contributed by atoms with E-state index < -0.39 is 0 Å². The molecule has 1 aromatic heterocycles. The Balaban J connectivity index is 1.34. The number of aromatic nitrogens is 2. The van der Waals surface area contributed by atoms with Crippen molar-refractivity contribution in [3.8, 4) is 22.6 Å². The summed E-state index contributed by atoms with van der Waals surface area (Å²) in [5, 5.41) is 4.22. The molecule has 1 saturated heterocycles. The van der Waals surface area contributed by atoms with Crippen LogP contribution in [0.4, 0.5) is 0 Å². The predicted molar refractivity (Wildman–Crippen MR) is 117 cm³/mol. The maximum atomic E-state index is 13.1. The van der Waals surface area contributed by atoms with Crippen molar-refractivity contribution in [1.82, 2.24) is 19.6 Å². The van der Waals surface area contributed by atoms with Gasteiger partial charge in [-0.1, -0.05) is 24.3 Å². The summed E-state index contributed by atoms with van der Waals surface area (Å²) in [6.45, 7) is 0.756. The van der Waals surface area contributed by atoms with Crippen LogP contribution in [-0.2, 0) is 11.8 Å². The number of nitrogens with zero attached hydrogens (tertiary/aromatic N) is 4. The topological polar surface area (TPSA) is 76.9 Å². The van der Waals surface area contributed by atoms with Gasteiger partial charge >= 0.3 is 0 Å². The van der Waals surface area contributed by atoms with Gasteiger partial charge in [-0.3, -0.25) is 14.3 Å². The molecule has 3 aromatic rings. The number of hydrogen-bond donors (Lipinski definition) is 0. The summed E-state index contributed by atoms with van der Waals surface area (Å²) in [6.07, 6.45) is 3.38. The number of aryl methyl sites for hydroxylation is 1. The Morgan fingerprint density at radius 1 is 1.12 bits per heavy atom. The molecule has 2 aliphatic rings. The van der Waals surface area contributed by atoms with Gasteiger partial charge in [-0.25, -0.2) is 0 Å². The fourth-order valence-corrected chi connectivity index (χ4v) is 4.25. The van der Waals surface area contributed by atoms with E-state index in [-0.39, 0.29) is 30.6 Å². The van der Waals surface area contributed by atoms with E-state index in [0.29, 0.717) is 30.2 Å². The van der Waals surface area contributed by atoms with Gasteiger partial charge in [0.2, 0.25) is 0 Å². The summed E-state index contributed by atoms with van der Waals surface area (Å²) in [4.78, 5) is 29.3. The molecule has 8 nitrogen and oxygen atoms in total. The Hall–Kier alpha value is -3.81. The monoisotopic (exact) mass is 432 g/mol. The van der Waals surface area contributed by atoms with E-state index >= 15 is 0 Å². The van der Waals surface area contributed by atoms with E-state index in [1.165, 1.54) is 0 Å². The number of rotatable bonds is 4. The molecule has 2 aliphatic heterocycles. The summed E-state index contributed by atoms with van der Waals surface area (Å²) in [7, 11) is 3.63. The van der Waals surface area contributed by atoms with E-state index in [9.17, 15) is 9.59 Å². The first-order valence-electron chi connectivity index (χ1n) is 10.5. The normalized spacial score (nSPS) is 19.8. The Morgan fingerprint density at radius 2 is 1.94 bits per heavy atom. The SMILES string of the molecule is CN1C(=O)c2ccc(-c3cnn(C)c3)cc2OC2CN(C(=O)COc3ccccc3)CC21. The smallest absolute Gasteiger partial charge is 0.260 e. The standard InChI is InChI=1S/C24H24N4O4/c1-26-12-17(11-25-26)16-8-9-19-21(10-16)32-22-14-28(13-20(22)27(2)24(19)30)23(29)15-31-18-6-4-3-5-7-18/h3-12,20,22H,13-15H2,1-2H3. The summed E-state index contributed by atoms with van der Waals surface area (Å²) in [5.74, 6) is 0.941. The first-order valence-corrected chi connectivity index (χ1v) is 10.5. The number of carbonyl (C=O) groups excluding carboxylic acids is 2. The molecule has 3 heterocycles. The van der Waals surface area contributed by atoms with Crippen molar-refractivity contribution in [3.05, 3.63) is 66.5 Å². The Kier molecular flexibility index (Phi) is 5.05. The fraction of sp³-hybridized carbons (Fsp3) is 0.292. The van der Waals surface area contributed by atoms with Gasteiger partial charge in [0.25, 0.3) is 11.8 Å². The molecule has 0 bridgehead atoms. The van der Waals surface area contributed by atoms with Crippen molar-refractivity contribution in [2.24, 2.45) is 7.05 Å². The zero-order valence-electron chi connectivity index (χ0n) is 18.0. The van der Waals surface area contributed by atoms with Gasteiger partial charge in [0.1, 0.15) is 17.6 Å². The molecule has 5 rings (SSSR count). The summed E-state index contributed by atoms with van der Waals surface area (Å²) >= 11 is 0. The molecule has 32 heavy (non-hydrogen) atoms. The Labute approximate surface area is 185 Å². The van der Waals surface area contributed by atoms with Gasteiger partial charge in [0, 0.05) is 32.4 Å². The van der Waals surface area contributed by atoms with E-state index in [1.54, 1.807) is 33.8 Å². The molecule has 0 spiro atoms. The van der Waals surface area contributed by atoms with Crippen LogP contribution < -0.4 is 9.47 Å². The van der Waals surface area contributed by atoms with E-state index in [2.05, 4.69) is 5.10 Å². The second-order valence-electron chi connectivity index (χ2n) is 8.15. The van der Waals surface area contributed by atoms with Crippen molar-refractivity contribution in [1.29, 1.82) is 0 Å². The second kappa shape index (κ2) is 8.03. The highest BCUT2D eigenvalue weighted by Crippen LogP contribution is 2.34. The largest absolute Gasteiger partial charge is 0.485 e. The van der Waals surface area contributed by atoms with Crippen LogP contribution in [0.25, 0.3) is 11.1 Å². The highest BCUT2D eigenvalue weighted by molar-refractivity contribution is 5.98. The summed E-state index contributed by atoms with van der Waals surface area (Å²) in [6, 6.07) is 14.6. The molecule has 0 N–H and O–H groups in total. The third-order valence-corrected chi connectivity index (χ3v) is 6.04. The number of likely N-dealkylation sites (N-methyl/N-ethyl adjacent to an activating group) is 1. The first-order chi connectivity index (χ1) is 15.5. The number of carbonyl (C=O) groups is 2.